The topological polar surface area (TPSA) is 59.0 Å². The van der Waals surface area contributed by atoms with E-state index in [1.807, 2.05) is 49.0 Å². The normalized spacial score (nSPS) is 17.3. The van der Waals surface area contributed by atoms with E-state index in [1.165, 1.54) is 0 Å². The first kappa shape index (κ1) is 16.0. The van der Waals surface area contributed by atoms with Gasteiger partial charge in [-0.3, -0.25) is 4.79 Å². The van der Waals surface area contributed by atoms with Gasteiger partial charge < -0.3 is 15.2 Å². The number of aryl methyl sites for hydroxylation is 1. The third-order valence-electron chi connectivity index (χ3n) is 4.54. The third-order valence-corrected chi connectivity index (χ3v) is 4.79. The summed E-state index contributed by atoms with van der Waals surface area (Å²) in [6.07, 6.45) is 3.62. The van der Waals surface area contributed by atoms with Crippen LogP contribution >= 0.6 is 11.6 Å². The van der Waals surface area contributed by atoms with Crippen LogP contribution in [0.5, 0.6) is 0 Å². The molecule has 1 aromatic carbocycles. The van der Waals surface area contributed by atoms with Crippen molar-refractivity contribution < 1.29 is 4.79 Å². The van der Waals surface area contributed by atoms with Crippen LogP contribution in [0.1, 0.15) is 24.4 Å². The van der Waals surface area contributed by atoms with Gasteiger partial charge >= 0.3 is 0 Å². The van der Waals surface area contributed by atoms with E-state index in [0.29, 0.717) is 10.9 Å². The number of halogens is 1. The van der Waals surface area contributed by atoms with Gasteiger partial charge in [0.1, 0.15) is 11.9 Å². The maximum absolute atomic E-state index is 12.6. The van der Waals surface area contributed by atoms with Gasteiger partial charge in [-0.15, -0.1) is 0 Å². The molecule has 1 amide bonds. The SMILES string of the molecule is CC(C(=O)NC(c1ccc(Cl)cc1)c1nccn1C)C1CNC1. The highest BCUT2D eigenvalue weighted by Crippen LogP contribution is 2.24. The van der Waals surface area contributed by atoms with Gasteiger partial charge in [-0.1, -0.05) is 30.7 Å². The Hall–Kier alpha value is -1.85. The first-order chi connectivity index (χ1) is 11.1. The van der Waals surface area contributed by atoms with Crippen molar-refractivity contribution >= 4 is 17.5 Å². The van der Waals surface area contributed by atoms with E-state index in [4.69, 9.17) is 11.6 Å². The van der Waals surface area contributed by atoms with Crippen molar-refractivity contribution in [3.8, 4) is 0 Å². The lowest BCUT2D eigenvalue weighted by molar-refractivity contribution is -0.127. The smallest absolute Gasteiger partial charge is 0.224 e. The van der Waals surface area contributed by atoms with Gasteiger partial charge in [-0.05, 0) is 36.7 Å². The highest BCUT2D eigenvalue weighted by Gasteiger charge is 2.31. The molecule has 6 heteroatoms. The summed E-state index contributed by atoms with van der Waals surface area (Å²) in [5, 5.41) is 7.04. The number of carbonyl (C=O) groups excluding carboxylic acids is 1. The fourth-order valence-electron chi connectivity index (χ4n) is 2.76. The van der Waals surface area contributed by atoms with Gasteiger partial charge in [0.25, 0.3) is 0 Å². The van der Waals surface area contributed by atoms with Gasteiger partial charge in [0.15, 0.2) is 0 Å². The molecule has 5 nitrogen and oxygen atoms in total. The Morgan fingerprint density at radius 1 is 1.39 bits per heavy atom. The summed E-state index contributed by atoms with van der Waals surface area (Å²) in [6.45, 7) is 3.80. The molecule has 3 rings (SSSR count). The second-order valence-corrected chi connectivity index (χ2v) is 6.53. The molecule has 1 aromatic heterocycles. The molecule has 122 valence electrons. The van der Waals surface area contributed by atoms with Crippen molar-refractivity contribution in [2.24, 2.45) is 18.9 Å². The predicted octanol–water partition coefficient (Wildman–Crippen LogP) is 2.13. The summed E-state index contributed by atoms with van der Waals surface area (Å²) in [4.78, 5) is 17.0. The number of carbonyl (C=O) groups is 1. The van der Waals surface area contributed by atoms with Crippen molar-refractivity contribution in [2.75, 3.05) is 13.1 Å². The van der Waals surface area contributed by atoms with E-state index < -0.39 is 0 Å². The number of nitrogens with one attached hydrogen (secondary N) is 2. The van der Waals surface area contributed by atoms with E-state index in [9.17, 15) is 4.79 Å². The molecule has 0 aliphatic carbocycles. The summed E-state index contributed by atoms with van der Waals surface area (Å²) in [5.74, 6) is 1.24. The zero-order chi connectivity index (χ0) is 16.4. The molecule has 23 heavy (non-hydrogen) atoms. The Labute approximate surface area is 141 Å². The molecule has 2 atom stereocenters. The van der Waals surface area contributed by atoms with Gasteiger partial charge in [-0.25, -0.2) is 4.98 Å². The Balaban J connectivity index is 1.84. The third kappa shape index (κ3) is 3.41. The Morgan fingerprint density at radius 2 is 2.09 bits per heavy atom. The summed E-state index contributed by atoms with van der Waals surface area (Å²) in [5.41, 5.74) is 0.969. The van der Waals surface area contributed by atoms with Crippen molar-refractivity contribution in [1.29, 1.82) is 0 Å². The summed E-state index contributed by atoms with van der Waals surface area (Å²) in [6, 6.07) is 7.24. The number of benzene rings is 1. The Morgan fingerprint density at radius 3 is 2.61 bits per heavy atom. The number of hydrogen-bond donors (Lipinski definition) is 2. The van der Waals surface area contributed by atoms with Crippen LogP contribution in [-0.4, -0.2) is 28.5 Å². The van der Waals surface area contributed by atoms with Crippen LogP contribution in [0.2, 0.25) is 5.02 Å². The van der Waals surface area contributed by atoms with E-state index in [2.05, 4.69) is 15.6 Å². The molecule has 1 aliphatic heterocycles. The molecule has 2 unspecified atom stereocenters. The second kappa shape index (κ2) is 6.72. The first-order valence-corrected chi connectivity index (χ1v) is 8.18. The average Bonchev–Trinajstić information content (AvgIpc) is 2.90. The van der Waals surface area contributed by atoms with E-state index in [0.717, 1.165) is 24.5 Å². The minimum atomic E-state index is -0.282. The maximum atomic E-state index is 12.6. The fourth-order valence-corrected chi connectivity index (χ4v) is 2.89. The Bertz CT molecular complexity index is 678. The van der Waals surface area contributed by atoms with Crippen LogP contribution in [0.15, 0.2) is 36.7 Å². The number of rotatable bonds is 5. The van der Waals surface area contributed by atoms with Crippen molar-refractivity contribution in [1.82, 2.24) is 20.2 Å². The molecular formula is C17H21ClN4O. The summed E-state index contributed by atoms with van der Waals surface area (Å²) < 4.78 is 1.93. The molecule has 0 radical (unpaired) electrons. The van der Waals surface area contributed by atoms with Gasteiger partial charge in [0.05, 0.1) is 0 Å². The monoisotopic (exact) mass is 332 g/mol. The van der Waals surface area contributed by atoms with Crippen LogP contribution in [0.4, 0.5) is 0 Å². The molecule has 0 spiro atoms. The highest BCUT2D eigenvalue weighted by atomic mass is 35.5. The van der Waals surface area contributed by atoms with Crippen molar-refractivity contribution in [2.45, 2.75) is 13.0 Å². The molecule has 2 heterocycles. The van der Waals surface area contributed by atoms with Gasteiger partial charge in [-0.2, -0.15) is 0 Å². The lowest BCUT2D eigenvalue weighted by Gasteiger charge is -2.32. The highest BCUT2D eigenvalue weighted by molar-refractivity contribution is 6.30. The second-order valence-electron chi connectivity index (χ2n) is 6.10. The maximum Gasteiger partial charge on any atom is 0.224 e. The zero-order valence-corrected chi connectivity index (χ0v) is 14.0. The summed E-state index contributed by atoms with van der Waals surface area (Å²) in [7, 11) is 1.93. The van der Waals surface area contributed by atoms with Crippen LogP contribution in [0.3, 0.4) is 0 Å². The Kier molecular flexibility index (Phi) is 4.68. The molecule has 0 bridgehead atoms. The van der Waals surface area contributed by atoms with Crippen LogP contribution in [0.25, 0.3) is 0 Å². The van der Waals surface area contributed by atoms with E-state index in [-0.39, 0.29) is 17.9 Å². The van der Waals surface area contributed by atoms with Crippen molar-refractivity contribution in [3.63, 3.8) is 0 Å². The molecular weight excluding hydrogens is 312 g/mol. The lowest BCUT2D eigenvalue weighted by Crippen LogP contribution is -2.50. The van der Waals surface area contributed by atoms with Crippen LogP contribution in [0, 0.1) is 11.8 Å². The summed E-state index contributed by atoms with van der Waals surface area (Å²) >= 11 is 5.98. The largest absolute Gasteiger partial charge is 0.342 e. The molecule has 2 aromatic rings. The predicted molar refractivity (Wildman–Crippen MR) is 90.2 cm³/mol. The molecule has 1 aliphatic rings. The van der Waals surface area contributed by atoms with Crippen LogP contribution < -0.4 is 10.6 Å². The lowest BCUT2D eigenvalue weighted by atomic mass is 9.88. The van der Waals surface area contributed by atoms with Gasteiger partial charge in [0, 0.05) is 30.4 Å². The quantitative estimate of drug-likeness (QED) is 0.882. The van der Waals surface area contributed by atoms with E-state index >= 15 is 0 Å². The van der Waals surface area contributed by atoms with Crippen LogP contribution in [-0.2, 0) is 11.8 Å². The van der Waals surface area contributed by atoms with Crippen molar-refractivity contribution in [3.05, 3.63) is 53.1 Å². The molecule has 2 N–H and O–H groups in total. The number of nitrogens with zero attached hydrogens (tertiary/aromatic N) is 2. The average molecular weight is 333 g/mol. The minimum Gasteiger partial charge on any atom is -0.342 e. The minimum absolute atomic E-state index is 0.0219. The molecule has 1 saturated heterocycles. The number of aromatic nitrogens is 2. The number of hydrogen-bond acceptors (Lipinski definition) is 3. The van der Waals surface area contributed by atoms with Gasteiger partial charge in [0.2, 0.25) is 5.91 Å². The zero-order valence-electron chi connectivity index (χ0n) is 13.3. The first-order valence-electron chi connectivity index (χ1n) is 7.80. The number of imidazole rings is 1. The molecule has 1 fully saturated rings. The van der Waals surface area contributed by atoms with E-state index in [1.54, 1.807) is 6.20 Å². The fraction of sp³-hybridized carbons (Fsp3) is 0.412. The molecule has 0 saturated carbocycles. The standard InChI is InChI=1S/C17H21ClN4O/c1-11(13-9-19-10-13)17(23)21-15(16-20-7-8-22(16)2)12-3-5-14(18)6-4-12/h3-8,11,13,15,19H,9-10H2,1-2H3,(H,21,23). The number of amides is 1.